The summed E-state index contributed by atoms with van der Waals surface area (Å²) in [6.45, 7) is 2.08. The predicted octanol–water partition coefficient (Wildman–Crippen LogP) is 4.10. The monoisotopic (exact) mass is 425 g/mol. The summed E-state index contributed by atoms with van der Waals surface area (Å²) in [7, 11) is 3.01. The third-order valence-electron chi connectivity index (χ3n) is 4.21. The molecule has 0 bridgehead atoms. The second-order valence-electron chi connectivity index (χ2n) is 6.20. The molecule has 0 aliphatic heterocycles. The summed E-state index contributed by atoms with van der Waals surface area (Å²) in [6.07, 6.45) is -4.39. The van der Waals surface area contributed by atoms with Crippen molar-refractivity contribution in [2.24, 2.45) is 0 Å². The van der Waals surface area contributed by atoms with Crippen molar-refractivity contribution in [2.75, 3.05) is 14.2 Å². The summed E-state index contributed by atoms with van der Waals surface area (Å²) >= 11 is 1.20. The highest BCUT2D eigenvalue weighted by atomic mass is 32.1. The number of benzene rings is 1. The lowest BCUT2D eigenvalue weighted by molar-refractivity contribution is -0.137. The Morgan fingerprint density at radius 3 is 2.45 bits per heavy atom. The molecule has 0 unspecified atom stereocenters. The third kappa shape index (κ3) is 4.48. The minimum Gasteiger partial charge on any atom is -0.480 e. The SMILES string of the molecule is COCc1nc(OC)c2c(C)c(C(=O)NCc3ccc(C(F)(F)F)cc3)sc2n1. The number of methoxy groups -OCH3 is 2. The van der Waals surface area contributed by atoms with Crippen LogP contribution >= 0.6 is 11.3 Å². The van der Waals surface area contributed by atoms with E-state index in [-0.39, 0.29) is 19.1 Å². The first kappa shape index (κ1) is 21.0. The van der Waals surface area contributed by atoms with Crippen LogP contribution in [0.4, 0.5) is 13.2 Å². The quantitative estimate of drug-likeness (QED) is 0.644. The lowest BCUT2D eigenvalue weighted by atomic mass is 10.1. The average Bonchev–Trinajstić information content (AvgIpc) is 3.02. The molecule has 0 atom stereocenters. The molecule has 1 amide bonds. The number of hydrogen-bond acceptors (Lipinski definition) is 6. The molecule has 154 valence electrons. The number of rotatable bonds is 6. The Morgan fingerprint density at radius 1 is 1.17 bits per heavy atom. The number of nitrogens with zero attached hydrogens (tertiary/aromatic N) is 2. The van der Waals surface area contributed by atoms with Gasteiger partial charge in [-0.25, -0.2) is 4.98 Å². The van der Waals surface area contributed by atoms with Crippen molar-refractivity contribution in [1.82, 2.24) is 15.3 Å². The van der Waals surface area contributed by atoms with Gasteiger partial charge in [0.05, 0.1) is 22.9 Å². The molecule has 2 heterocycles. The molecular formula is C19H18F3N3O3S. The molecule has 3 rings (SSSR count). The maximum Gasteiger partial charge on any atom is 0.416 e. The highest BCUT2D eigenvalue weighted by molar-refractivity contribution is 7.20. The van der Waals surface area contributed by atoms with Gasteiger partial charge < -0.3 is 14.8 Å². The number of halogens is 3. The maximum absolute atomic E-state index is 12.7. The van der Waals surface area contributed by atoms with E-state index in [1.54, 1.807) is 6.92 Å². The molecule has 29 heavy (non-hydrogen) atoms. The van der Waals surface area contributed by atoms with Crippen LogP contribution in [0.15, 0.2) is 24.3 Å². The summed E-state index contributed by atoms with van der Waals surface area (Å²) < 4.78 is 48.3. The molecule has 10 heteroatoms. The first-order valence-electron chi connectivity index (χ1n) is 8.52. The normalized spacial score (nSPS) is 11.7. The van der Waals surface area contributed by atoms with Gasteiger partial charge in [0.15, 0.2) is 5.82 Å². The second-order valence-corrected chi connectivity index (χ2v) is 7.19. The number of ether oxygens (including phenoxy) is 2. The third-order valence-corrected chi connectivity index (χ3v) is 5.40. The largest absolute Gasteiger partial charge is 0.480 e. The van der Waals surface area contributed by atoms with Gasteiger partial charge >= 0.3 is 6.18 Å². The van der Waals surface area contributed by atoms with Crippen molar-refractivity contribution in [2.45, 2.75) is 26.3 Å². The van der Waals surface area contributed by atoms with Gasteiger partial charge in [-0.05, 0) is 30.2 Å². The van der Waals surface area contributed by atoms with Gasteiger partial charge in [0.1, 0.15) is 11.4 Å². The van der Waals surface area contributed by atoms with Gasteiger partial charge in [0, 0.05) is 13.7 Å². The number of thiophene rings is 1. The van der Waals surface area contributed by atoms with Crippen molar-refractivity contribution in [3.05, 3.63) is 51.7 Å². The summed E-state index contributed by atoms with van der Waals surface area (Å²) in [4.78, 5) is 22.4. The fourth-order valence-electron chi connectivity index (χ4n) is 2.78. The van der Waals surface area contributed by atoms with Crippen molar-refractivity contribution in [3.63, 3.8) is 0 Å². The molecule has 0 saturated carbocycles. The van der Waals surface area contributed by atoms with Crippen LogP contribution in [0.2, 0.25) is 0 Å². The minimum absolute atomic E-state index is 0.0996. The highest BCUT2D eigenvalue weighted by Gasteiger charge is 2.30. The van der Waals surface area contributed by atoms with Gasteiger partial charge in [-0.2, -0.15) is 18.2 Å². The fourth-order valence-corrected chi connectivity index (χ4v) is 3.88. The van der Waals surface area contributed by atoms with Crippen LogP contribution < -0.4 is 10.1 Å². The van der Waals surface area contributed by atoms with Crippen LogP contribution in [-0.4, -0.2) is 30.1 Å². The van der Waals surface area contributed by atoms with Gasteiger partial charge in [-0.1, -0.05) is 12.1 Å². The van der Waals surface area contributed by atoms with Gasteiger partial charge in [-0.15, -0.1) is 11.3 Å². The molecule has 6 nitrogen and oxygen atoms in total. The average molecular weight is 425 g/mol. The predicted molar refractivity (Wildman–Crippen MR) is 102 cm³/mol. The lowest BCUT2D eigenvalue weighted by Crippen LogP contribution is -2.22. The smallest absolute Gasteiger partial charge is 0.416 e. The standard InChI is InChI=1S/C19H18F3N3O3S/c1-10-14-17(28-3)24-13(9-27-2)25-18(14)29-15(10)16(26)23-8-11-4-6-12(7-5-11)19(20,21)22/h4-7H,8-9H2,1-3H3,(H,23,26). The molecule has 1 N–H and O–H groups in total. The zero-order valence-electron chi connectivity index (χ0n) is 15.9. The van der Waals surface area contributed by atoms with Crippen molar-refractivity contribution in [3.8, 4) is 5.88 Å². The Kier molecular flexibility index (Phi) is 6.04. The minimum atomic E-state index is -4.39. The Hall–Kier alpha value is -2.72. The Bertz CT molecular complexity index is 1030. The molecule has 0 fully saturated rings. The first-order valence-corrected chi connectivity index (χ1v) is 9.33. The molecule has 3 aromatic rings. The van der Waals surface area contributed by atoms with Gasteiger partial charge in [-0.3, -0.25) is 4.79 Å². The van der Waals surface area contributed by atoms with Crippen molar-refractivity contribution >= 4 is 27.5 Å². The van der Waals surface area contributed by atoms with E-state index in [4.69, 9.17) is 9.47 Å². The molecule has 0 aliphatic carbocycles. The summed E-state index contributed by atoms with van der Waals surface area (Å²) in [5.74, 6) is 0.452. The maximum atomic E-state index is 12.7. The zero-order chi connectivity index (χ0) is 21.2. The number of aromatic nitrogens is 2. The van der Waals surface area contributed by atoms with E-state index in [9.17, 15) is 18.0 Å². The number of fused-ring (bicyclic) bond motifs is 1. The van der Waals surface area contributed by atoms with E-state index in [0.29, 0.717) is 37.9 Å². The topological polar surface area (TPSA) is 73.3 Å². The van der Waals surface area contributed by atoms with E-state index in [2.05, 4.69) is 15.3 Å². The van der Waals surface area contributed by atoms with Crippen molar-refractivity contribution < 1.29 is 27.4 Å². The molecule has 0 radical (unpaired) electrons. The van der Waals surface area contributed by atoms with Crippen LogP contribution in [0.5, 0.6) is 5.88 Å². The van der Waals surface area contributed by atoms with E-state index >= 15 is 0 Å². The molecule has 1 aromatic carbocycles. The van der Waals surface area contributed by atoms with Gasteiger partial charge in [0.2, 0.25) is 5.88 Å². The van der Waals surface area contributed by atoms with Crippen LogP contribution in [0.3, 0.4) is 0 Å². The van der Waals surface area contributed by atoms with Gasteiger partial charge in [0.25, 0.3) is 5.91 Å². The molecule has 0 saturated heterocycles. The number of carbonyl (C=O) groups is 1. The lowest BCUT2D eigenvalue weighted by Gasteiger charge is -2.08. The Morgan fingerprint density at radius 2 is 1.86 bits per heavy atom. The number of alkyl halides is 3. The number of carbonyl (C=O) groups excluding carboxylic acids is 1. The summed E-state index contributed by atoms with van der Waals surface area (Å²) in [5, 5.41) is 3.38. The number of amides is 1. The second kappa shape index (κ2) is 8.34. The van der Waals surface area contributed by atoms with Crippen LogP contribution in [0.1, 0.15) is 32.2 Å². The number of nitrogens with one attached hydrogen (secondary N) is 1. The van der Waals surface area contributed by atoms with E-state index in [1.807, 2.05) is 0 Å². The fraction of sp³-hybridized carbons (Fsp3) is 0.316. The van der Waals surface area contributed by atoms with Crippen LogP contribution in [0.25, 0.3) is 10.2 Å². The van der Waals surface area contributed by atoms with Crippen LogP contribution in [0, 0.1) is 6.92 Å². The van der Waals surface area contributed by atoms with E-state index in [1.165, 1.54) is 37.7 Å². The van der Waals surface area contributed by atoms with E-state index in [0.717, 1.165) is 12.1 Å². The number of hydrogen-bond donors (Lipinski definition) is 1. The molecule has 0 spiro atoms. The van der Waals surface area contributed by atoms with Crippen molar-refractivity contribution in [1.29, 1.82) is 0 Å². The van der Waals surface area contributed by atoms with E-state index < -0.39 is 11.7 Å². The zero-order valence-corrected chi connectivity index (χ0v) is 16.7. The summed E-state index contributed by atoms with van der Waals surface area (Å²) in [5.41, 5.74) is 0.506. The molecular weight excluding hydrogens is 407 g/mol. The van der Waals surface area contributed by atoms with Crippen LogP contribution in [-0.2, 0) is 24.1 Å². The Balaban J connectivity index is 1.81. The number of aryl methyl sites for hydroxylation is 1. The Labute approximate surface area is 168 Å². The highest BCUT2D eigenvalue weighted by Crippen LogP contribution is 2.35. The summed E-state index contributed by atoms with van der Waals surface area (Å²) in [6, 6.07) is 4.66. The molecule has 2 aromatic heterocycles. The molecule has 0 aliphatic rings. The first-order chi connectivity index (χ1) is 13.7.